The summed E-state index contributed by atoms with van der Waals surface area (Å²) in [6, 6.07) is 21.8. The SMILES string of the molecule is O=C(NCc1ccccc1)c1c(/N=C\c2ccc(-c3ccc(Br)cc3)o2)sc2c1CCCC2. The number of halogens is 1. The molecule has 6 heteroatoms. The Morgan fingerprint density at radius 2 is 1.82 bits per heavy atom. The molecular weight excluding hydrogens is 496 g/mol. The molecular formula is C27H23BrN2O2S. The third-order valence-corrected chi connectivity index (χ3v) is 7.47. The van der Waals surface area contributed by atoms with E-state index in [1.54, 1.807) is 17.6 Å². The van der Waals surface area contributed by atoms with E-state index in [4.69, 9.17) is 9.41 Å². The van der Waals surface area contributed by atoms with Crippen LogP contribution < -0.4 is 5.32 Å². The Kier molecular flexibility index (Phi) is 6.55. The summed E-state index contributed by atoms with van der Waals surface area (Å²) in [5.74, 6) is 1.39. The van der Waals surface area contributed by atoms with Crippen molar-refractivity contribution in [3.8, 4) is 11.3 Å². The van der Waals surface area contributed by atoms with Gasteiger partial charge in [0, 0.05) is 21.5 Å². The standard InChI is InChI=1S/C27H23BrN2O2S/c28-20-12-10-19(11-13-20)23-15-14-21(32-23)17-30-27-25(22-8-4-5-9-24(22)33-27)26(31)29-16-18-6-2-1-3-7-18/h1-3,6-7,10-15,17H,4-5,8-9,16H2,(H,29,31)/b30-17-. The molecule has 5 rings (SSSR count). The number of thiophene rings is 1. The minimum Gasteiger partial charge on any atom is -0.455 e. The summed E-state index contributed by atoms with van der Waals surface area (Å²) in [6.07, 6.45) is 5.94. The maximum absolute atomic E-state index is 13.2. The Hall–Kier alpha value is -2.96. The molecule has 0 atom stereocenters. The molecule has 0 bridgehead atoms. The molecule has 166 valence electrons. The van der Waals surface area contributed by atoms with E-state index in [1.807, 2.05) is 66.7 Å². The average Bonchev–Trinajstić information content (AvgIpc) is 3.47. The number of hydrogen-bond donors (Lipinski definition) is 1. The first-order valence-electron chi connectivity index (χ1n) is 11.0. The molecule has 33 heavy (non-hydrogen) atoms. The van der Waals surface area contributed by atoms with Gasteiger partial charge >= 0.3 is 0 Å². The van der Waals surface area contributed by atoms with Crippen LogP contribution in [0, 0.1) is 0 Å². The highest BCUT2D eigenvalue weighted by atomic mass is 79.9. The molecule has 2 aromatic carbocycles. The molecule has 1 aliphatic carbocycles. The van der Waals surface area contributed by atoms with E-state index >= 15 is 0 Å². The average molecular weight is 519 g/mol. The molecule has 0 saturated heterocycles. The minimum absolute atomic E-state index is 0.0552. The molecule has 4 nitrogen and oxygen atoms in total. The fourth-order valence-corrected chi connectivity index (χ4v) is 5.55. The normalized spacial score (nSPS) is 13.2. The van der Waals surface area contributed by atoms with Crippen molar-refractivity contribution >= 4 is 44.4 Å². The lowest BCUT2D eigenvalue weighted by atomic mass is 9.95. The predicted octanol–water partition coefficient (Wildman–Crippen LogP) is 7.33. The molecule has 0 radical (unpaired) electrons. The van der Waals surface area contributed by atoms with Crippen molar-refractivity contribution in [2.75, 3.05) is 0 Å². The number of carbonyl (C=O) groups excluding carboxylic acids is 1. The lowest BCUT2D eigenvalue weighted by Crippen LogP contribution is -2.24. The topological polar surface area (TPSA) is 54.6 Å². The van der Waals surface area contributed by atoms with Gasteiger partial charge in [-0.1, -0.05) is 58.4 Å². The van der Waals surface area contributed by atoms with Gasteiger partial charge in [0.2, 0.25) is 0 Å². The lowest BCUT2D eigenvalue weighted by molar-refractivity contribution is 0.0951. The van der Waals surface area contributed by atoms with Crippen LogP contribution >= 0.6 is 27.3 Å². The third-order valence-electron chi connectivity index (χ3n) is 5.74. The molecule has 0 saturated carbocycles. The summed E-state index contributed by atoms with van der Waals surface area (Å²) >= 11 is 5.09. The van der Waals surface area contributed by atoms with Gasteiger partial charge < -0.3 is 9.73 Å². The van der Waals surface area contributed by atoms with Crippen molar-refractivity contribution in [3.05, 3.63) is 98.5 Å². The number of hydrogen-bond acceptors (Lipinski definition) is 4. The zero-order chi connectivity index (χ0) is 22.6. The zero-order valence-electron chi connectivity index (χ0n) is 18.0. The molecule has 1 N–H and O–H groups in total. The molecule has 1 aliphatic rings. The summed E-state index contributed by atoms with van der Waals surface area (Å²) in [7, 11) is 0. The van der Waals surface area contributed by atoms with Crippen LogP contribution in [0.25, 0.3) is 11.3 Å². The molecule has 0 unspecified atom stereocenters. The Labute approximate surface area is 205 Å². The van der Waals surface area contributed by atoms with Crippen molar-refractivity contribution in [3.63, 3.8) is 0 Å². The number of fused-ring (bicyclic) bond motifs is 1. The van der Waals surface area contributed by atoms with Gasteiger partial charge in [-0.25, -0.2) is 4.99 Å². The quantitative estimate of drug-likeness (QED) is 0.271. The molecule has 0 aliphatic heterocycles. The van der Waals surface area contributed by atoms with Crippen LogP contribution in [0.3, 0.4) is 0 Å². The van der Waals surface area contributed by atoms with Crippen molar-refractivity contribution in [1.29, 1.82) is 0 Å². The summed E-state index contributed by atoms with van der Waals surface area (Å²) in [4.78, 5) is 19.2. The maximum atomic E-state index is 13.2. The number of nitrogens with one attached hydrogen (secondary N) is 1. The highest BCUT2D eigenvalue weighted by molar-refractivity contribution is 9.10. The van der Waals surface area contributed by atoms with E-state index in [2.05, 4.69) is 21.2 Å². The second-order valence-corrected chi connectivity index (χ2v) is 10.0. The Balaban J connectivity index is 1.39. The number of amides is 1. The van der Waals surface area contributed by atoms with Crippen LogP contribution in [0.5, 0.6) is 0 Å². The molecule has 0 fully saturated rings. The van der Waals surface area contributed by atoms with Gasteiger partial charge in [-0.05, 0) is 61.1 Å². The van der Waals surface area contributed by atoms with Gasteiger partial charge in [0.05, 0.1) is 11.8 Å². The number of furan rings is 1. The summed E-state index contributed by atoms with van der Waals surface area (Å²) < 4.78 is 7.01. The van der Waals surface area contributed by atoms with E-state index in [1.165, 1.54) is 10.4 Å². The van der Waals surface area contributed by atoms with Crippen LogP contribution in [0.15, 0.2) is 80.6 Å². The fraction of sp³-hybridized carbons (Fsp3) is 0.185. The smallest absolute Gasteiger partial charge is 0.254 e. The van der Waals surface area contributed by atoms with Crippen molar-refractivity contribution in [2.24, 2.45) is 4.99 Å². The van der Waals surface area contributed by atoms with Crippen molar-refractivity contribution < 1.29 is 9.21 Å². The number of benzene rings is 2. The van der Waals surface area contributed by atoms with E-state index in [0.29, 0.717) is 12.3 Å². The van der Waals surface area contributed by atoms with Gasteiger partial charge in [0.1, 0.15) is 16.5 Å². The number of rotatable bonds is 6. The van der Waals surface area contributed by atoms with Gasteiger partial charge in [-0.2, -0.15) is 0 Å². The van der Waals surface area contributed by atoms with Gasteiger partial charge in [-0.3, -0.25) is 4.79 Å². The molecule has 1 amide bonds. The predicted molar refractivity (Wildman–Crippen MR) is 138 cm³/mol. The maximum Gasteiger partial charge on any atom is 0.254 e. The molecule has 2 aromatic heterocycles. The first-order chi connectivity index (χ1) is 16.2. The lowest BCUT2D eigenvalue weighted by Gasteiger charge is -2.12. The van der Waals surface area contributed by atoms with Crippen LogP contribution in [0.2, 0.25) is 0 Å². The Bertz CT molecular complexity index is 1290. The van der Waals surface area contributed by atoms with E-state index < -0.39 is 0 Å². The largest absolute Gasteiger partial charge is 0.455 e. The number of aliphatic imine (C=N–C) groups is 1. The van der Waals surface area contributed by atoms with Crippen LogP contribution in [-0.4, -0.2) is 12.1 Å². The molecule has 4 aromatic rings. The van der Waals surface area contributed by atoms with E-state index in [-0.39, 0.29) is 5.91 Å². The van der Waals surface area contributed by atoms with Gasteiger partial charge in [-0.15, -0.1) is 11.3 Å². The Morgan fingerprint density at radius 3 is 2.64 bits per heavy atom. The van der Waals surface area contributed by atoms with Crippen LogP contribution in [0.1, 0.15) is 45.0 Å². The van der Waals surface area contributed by atoms with Crippen LogP contribution in [-0.2, 0) is 19.4 Å². The van der Waals surface area contributed by atoms with Gasteiger partial charge in [0.25, 0.3) is 5.91 Å². The second-order valence-electron chi connectivity index (χ2n) is 8.03. The van der Waals surface area contributed by atoms with Crippen LogP contribution in [0.4, 0.5) is 5.00 Å². The highest BCUT2D eigenvalue weighted by Crippen LogP contribution is 2.40. The first kappa shape index (κ1) is 21.9. The molecule has 2 heterocycles. The number of nitrogens with zero attached hydrogens (tertiary/aromatic N) is 1. The fourth-order valence-electron chi connectivity index (χ4n) is 4.06. The molecule has 0 spiro atoms. The first-order valence-corrected chi connectivity index (χ1v) is 12.6. The van der Waals surface area contributed by atoms with E-state index in [9.17, 15) is 4.79 Å². The van der Waals surface area contributed by atoms with E-state index in [0.717, 1.165) is 57.6 Å². The third kappa shape index (κ3) is 5.02. The summed E-state index contributed by atoms with van der Waals surface area (Å²) in [5.41, 5.74) is 3.97. The zero-order valence-corrected chi connectivity index (χ0v) is 20.4. The monoisotopic (exact) mass is 518 g/mol. The number of aryl methyl sites for hydroxylation is 1. The Morgan fingerprint density at radius 1 is 1.03 bits per heavy atom. The summed E-state index contributed by atoms with van der Waals surface area (Å²) in [5, 5.41) is 3.85. The van der Waals surface area contributed by atoms with Crippen molar-refractivity contribution in [1.82, 2.24) is 5.32 Å². The second kappa shape index (κ2) is 9.89. The number of carbonyl (C=O) groups is 1. The van der Waals surface area contributed by atoms with Gasteiger partial charge in [0.15, 0.2) is 0 Å². The minimum atomic E-state index is -0.0552. The highest BCUT2D eigenvalue weighted by Gasteiger charge is 2.25. The van der Waals surface area contributed by atoms with Crippen molar-refractivity contribution in [2.45, 2.75) is 32.2 Å². The summed E-state index contributed by atoms with van der Waals surface area (Å²) in [6.45, 7) is 0.502.